The summed E-state index contributed by atoms with van der Waals surface area (Å²) in [4.78, 5) is 50.7. The Morgan fingerprint density at radius 2 is 1.67 bits per heavy atom. The average molecular weight is 471 g/mol. The summed E-state index contributed by atoms with van der Waals surface area (Å²) in [6, 6.07) is 12.6. The Kier molecular flexibility index (Phi) is 5.89. The van der Waals surface area contributed by atoms with Gasteiger partial charge in [-0.2, -0.15) is 0 Å². The molecule has 3 aromatic carbocycles. The number of carbonyl (C=O) groups is 4. The monoisotopic (exact) mass is 470 g/mol. The van der Waals surface area contributed by atoms with Gasteiger partial charge in [-0.05, 0) is 42.5 Å². The Balaban J connectivity index is 1.46. The van der Waals surface area contributed by atoms with Crippen molar-refractivity contribution in [1.82, 2.24) is 0 Å². The van der Waals surface area contributed by atoms with Crippen LogP contribution in [0.5, 0.6) is 0 Å². The maximum absolute atomic E-state index is 13.6. The van der Waals surface area contributed by atoms with Crippen LogP contribution >= 0.6 is 11.6 Å². The van der Waals surface area contributed by atoms with Gasteiger partial charge in [0.25, 0.3) is 17.7 Å². The Hall–Kier alpha value is -4.11. The van der Waals surface area contributed by atoms with E-state index < -0.39 is 47.6 Å². The van der Waals surface area contributed by atoms with Crippen LogP contribution in [-0.2, 0) is 9.53 Å². The summed E-state index contributed by atoms with van der Waals surface area (Å²) in [5.74, 6) is -4.74. The van der Waals surface area contributed by atoms with Crippen LogP contribution in [-0.4, -0.2) is 30.3 Å². The molecule has 0 aliphatic carbocycles. The van der Waals surface area contributed by atoms with Gasteiger partial charge in [-0.1, -0.05) is 23.7 Å². The molecule has 0 fully saturated rings. The fourth-order valence-corrected chi connectivity index (χ4v) is 3.43. The molecule has 0 aromatic heterocycles. The third-order valence-electron chi connectivity index (χ3n) is 4.75. The lowest BCUT2D eigenvalue weighted by Crippen LogP contribution is -2.29. The summed E-state index contributed by atoms with van der Waals surface area (Å²) >= 11 is 6.10. The highest BCUT2D eigenvalue weighted by Crippen LogP contribution is 2.33. The van der Waals surface area contributed by atoms with Crippen LogP contribution in [0.25, 0.3) is 0 Å². The summed E-state index contributed by atoms with van der Waals surface area (Å²) in [6.45, 7) is -0.787. The number of halogens is 3. The molecule has 33 heavy (non-hydrogen) atoms. The fourth-order valence-electron chi connectivity index (χ4n) is 3.21. The van der Waals surface area contributed by atoms with Crippen LogP contribution in [0.15, 0.2) is 60.7 Å². The highest BCUT2D eigenvalue weighted by Gasteiger charge is 2.38. The number of hydrogen-bond acceptors (Lipinski definition) is 5. The predicted molar refractivity (Wildman–Crippen MR) is 114 cm³/mol. The number of imide groups is 1. The van der Waals surface area contributed by atoms with Crippen molar-refractivity contribution in [3.8, 4) is 0 Å². The molecule has 0 radical (unpaired) electrons. The van der Waals surface area contributed by atoms with E-state index in [0.29, 0.717) is 0 Å². The number of hydrogen-bond donors (Lipinski definition) is 1. The third kappa shape index (κ3) is 4.31. The van der Waals surface area contributed by atoms with Crippen molar-refractivity contribution < 1.29 is 32.7 Å². The largest absolute Gasteiger partial charge is 0.452 e. The Morgan fingerprint density at radius 1 is 0.939 bits per heavy atom. The molecule has 0 saturated carbocycles. The molecule has 1 heterocycles. The summed E-state index contributed by atoms with van der Waals surface area (Å²) < 4.78 is 31.7. The van der Waals surface area contributed by atoms with E-state index in [4.69, 9.17) is 16.3 Å². The first-order valence-electron chi connectivity index (χ1n) is 9.45. The zero-order valence-corrected chi connectivity index (χ0v) is 17.4. The fraction of sp³-hybridized carbons (Fsp3) is 0.0435. The molecule has 0 spiro atoms. The van der Waals surface area contributed by atoms with Crippen molar-refractivity contribution in [2.75, 3.05) is 16.8 Å². The zero-order chi connectivity index (χ0) is 23.7. The van der Waals surface area contributed by atoms with Crippen LogP contribution in [0.1, 0.15) is 31.1 Å². The Labute approximate surface area is 190 Å². The Bertz CT molecular complexity index is 1330. The van der Waals surface area contributed by atoms with Crippen molar-refractivity contribution in [3.05, 3.63) is 94.0 Å². The molecule has 0 atom stereocenters. The molecule has 4 rings (SSSR count). The number of benzene rings is 3. The van der Waals surface area contributed by atoms with Crippen molar-refractivity contribution >= 4 is 46.7 Å². The molecule has 1 aliphatic rings. The second kappa shape index (κ2) is 8.79. The van der Waals surface area contributed by atoms with Gasteiger partial charge >= 0.3 is 5.97 Å². The standard InChI is InChI=1S/C23H13ClF2N2O5/c24-16-3-1-2-4-19(16)28-21(30)14-7-5-12(9-15(14)22(28)31)23(32)33-11-20(29)27-18-10-13(25)6-8-17(18)26/h1-10H,11H2,(H,27,29). The number of nitrogens with one attached hydrogen (secondary N) is 1. The topological polar surface area (TPSA) is 92.8 Å². The molecule has 166 valence electrons. The smallest absolute Gasteiger partial charge is 0.338 e. The van der Waals surface area contributed by atoms with E-state index in [2.05, 4.69) is 5.32 Å². The van der Waals surface area contributed by atoms with Gasteiger partial charge in [-0.25, -0.2) is 18.5 Å². The van der Waals surface area contributed by atoms with Gasteiger partial charge in [0, 0.05) is 6.07 Å². The van der Waals surface area contributed by atoms with Crippen molar-refractivity contribution in [2.45, 2.75) is 0 Å². The van der Waals surface area contributed by atoms with Crippen molar-refractivity contribution in [1.29, 1.82) is 0 Å². The quantitative estimate of drug-likeness (QED) is 0.445. The van der Waals surface area contributed by atoms with Gasteiger partial charge in [0.1, 0.15) is 11.6 Å². The summed E-state index contributed by atoms with van der Waals surface area (Å²) in [5, 5.41) is 2.29. The number of nitrogens with zero attached hydrogens (tertiary/aromatic N) is 1. The van der Waals surface area contributed by atoms with Crippen LogP contribution in [0.4, 0.5) is 20.2 Å². The van der Waals surface area contributed by atoms with Crippen molar-refractivity contribution in [3.63, 3.8) is 0 Å². The van der Waals surface area contributed by atoms with Gasteiger partial charge in [0.05, 0.1) is 33.1 Å². The Morgan fingerprint density at radius 3 is 2.42 bits per heavy atom. The van der Waals surface area contributed by atoms with Gasteiger partial charge in [-0.15, -0.1) is 0 Å². The van der Waals surface area contributed by atoms with E-state index in [0.717, 1.165) is 23.1 Å². The normalized spacial score (nSPS) is 12.5. The number of fused-ring (bicyclic) bond motifs is 1. The maximum atomic E-state index is 13.6. The molecule has 10 heteroatoms. The molecule has 7 nitrogen and oxygen atoms in total. The van der Waals surface area contributed by atoms with Crippen LogP contribution in [0.2, 0.25) is 5.02 Å². The molecule has 1 N–H and O–H groups in total. The number of esters is 1. The molecule has 0 bridgehead atoms. The predicted octanol–water partition coefficient (Wildman–Crippen LogP) is 4.21. The summed E-state index contributed by atoms with van der Waals surface area (Å²) in [7, 11) is 0. The van der Waals surface area contributed by atoms with E-state index in [1.165, 1.54) is 30.3 Å². The summed E-state index contributed by atoms with van der Waals surface area (Å²) in [5.41, 5.74) is -0.231. The summed E-state index contributed by atoms with van der Waals surface area (Å²) in [6.07, 6.45) is 0. The molecule has 0 unspecified atom stereocenters. The van der Waals surface area contributed by atoms with E-state index in [-0.39, 0.29) is 27.4 Å². The number of amides is 3. The minimum atomic E-state index is -0.955. The van der Waals surface area contributed by atoms with Crippen LogP contribution in [0.3, 0.4) is 0 Å². The number of ether oxygens (including phenoxy) is 1. The molecule has 3 aromatic rings. The lowest BCUT2D eigenvalue weighted by atomic mass is 10.1. The first-order valence-corrected chi connectivity index (χ1v) is 9.83. The lowest BCUT2D eigenvalue weighted by Gasteiger charge is -2.15. The second-order valence-corrected chi connectivity index (χ2v) is 7.31. The van der Waals surface area contributed by atoms with Gasteiger partial charge in [0.2, 0.25) is 0 Å². The van der Waals surface area contributed by atoms with Gasteiger partial charge in [-0.3, -0.25) is 14.4 Å². The van der Waals surface area contributed by atoms with Gasteiger partial charge in [0.15, 0.2) is 6.61 Å². The van der Waals surface area contributed by atoms with Crippen LogP contribution < -0.4 is 10.2 Å². The SMILES string of the molecule is O=C(COC(=O)c1ccc2c(c1)C(=O)N(c1ccccc1Cl)C2=O)Nc1cc(F)ccc1F. The number of carbonyl (C=O) groups excluding carboxylic acids is 4. The minimum absolute atomic E-state index is 0.0272. The first-order chi connectivity index (χ1) is 15.8. The number of para-hydroxylation sites is 1. The third-order valence-corrected chi connectivity index (χ3v) is 5.07. The molecule has 1 aliphatic heterocycles. The highest BCUT2D eigenvalue weighted by atomic mass is 35.5. The zero-order valence-electron chi connectivity index (χ0n) is 16.6. The van der Waals surface area contributed by atoms with E-state index in [1.807, 2.05) is 0 Å². The molecular weight excluding hydrogens is 458 g/mol. The maximum Gasteiger partial charge on any atom is 0.338 e. The molecule has 3 amide bonds. The van der Waals surface area contributed by atoms with E-state index >= 15 is 0 Å². The highest BCUT2D eigenvalue weighted by molar-refractivity contribution is 6.39. The van der Waals surface area contributed by atoms with E-state index in [9.17, 15) is 28.0 Å². The first kappa shape index (κ1) is 22.1. The minimum Gasteiger partial charge on any atom is -0.452 e. The number of rotatable bonds is 5. The molecular formula is C23H13ClF2N2O5. The second-order valence-electron chi connectivity index (χ2n) is 6.91. The van der Waals surface area contributed by atoms with Crippen molar-refractivity contribution in [2.24, 2.45) is 0 Å². The van der Waals surface area contributed by atoms with E-state index in [1.54, 1.807) is 12.1 Å². The average Bonchev–Trinajstić information content (AvgIpc) is 3.04. The van der Waals surface area contributed by atoms with Crippen LogP contribution in [0, 0.1) is 11.6 Å². The molecule has 0 saturated heterocycles. The lowest BCUT2D eigenvalue weighted by molar-refractivity contribution is -0.119. The van der Waals surface area contributed by atoms with Gasteiger partial charge < -0.3 is 10.1 Å². The number of anilines is 2.